The molecule has 0 saturated carbocycles. The summed E-state index contributed by atoms with van der Waals surface area (Å²) in [5.41, 5.74) is 2.61. The molecule has 0 aliphatic rings. The van der Waals surface area contributed by atoms with Crippen LogP contribution in [-0.4, -0.2) is 33.6 Å². The Morgan fingerprint density at radius 1 is 0.906 bits per heavy atom. The predicted octanol–water partition coefficient (Wildman–Crippen LogP) is 7.55. The highest BCUT2D eigenvalue weighted by Gasteiger charge is 2.10. The molecule has 10 heteroatoms. The maximum absolute atomic E-state index is 11.9. The molecule has 0 spiro atoms. The molecule has 0 radical (unpaired) electrons. The standard InChI is InChI=1S/C14H16BrNO2S.C8H4BrNO2S/c1-2-3-4-5-8-18-13(17)10-6-7-11-12(9-10)19-14(15)16-11;9-8-10-5-2-1-4(7(11)12)3-6(5)13-8/h6-7,9H,2-5,8H2,1H3;1-3H,(H,11,12). The highest BCUT2D eigenvalue weighted by atomic mass is 79.9. The van der Waals surface area contributed by atoms with Crippen molar-refractivity contribution >= 4 is 86.9 Å². The summed E-state index contributed by atoms with van der Waals surface area (Å²) in [7, 11) is 0. The van der Waals surface area contributed by atoms with Gasteiger partial charge in [0.15, 0.2) is 7.83 Å². The van der Waals surface area contributed by atoms with Gasteiger partial charge in [-0.05, 0) is 74.7 Å². The number of hydrogen-bond donors (Lipinski definition) is 1. The third-order valence-electron chi connectivity index (χ3n) is 4.44. The number of thiazole rings is 2. The van der Waals surface area contributed by atoms with Crippen molar-refractivity contribution in [2.24, 2.45) is 0 Å². The molecule has 32 heavy (non-hydrogen) atoms. The number of aromatic carboxylic acids is 1. The molecule has 4 rings (SSSR count). The van der Waals surface area contributed by atoms with Crippen LogP contribution in [0.4, 0.5) is 0 Å². The van der Waals surface area contributed by atoms with Crippen molar-refractivity contribution in [2.45, 2.75) is 32.6 Å². The number of hydrogen-bond acceptors (Lipinski definition) is 7. The van der Waals surface area contributed by atoms with Crippen molar-refractivity contribution in [3.8, 4) is 0 Å². The van der Waals surface area contributed by atoms with Gasteiger partial charge >= 0.3 is 11.9 Å². The van der Waals surface area contributed by atoms with Crippen molar-refractivity contribution in [1.29, 1.82) is 0 Å². The molecule has 168 valence electrons. The quantitative estimate of drug-likeness (QED) is 0.174. The maximum Gasteiger partial charge on any atom is 0.338 e. The summed E-state index contributed by atoms with van der Waals surface area (Å²) in [4.78, 5) is 31.0. The average Bonchev–Trinajstić information content (AvgIpc) is 3.32. The van der Waals surface area contributed by atoms with Gasteiger partial charge < -0.3 is 9.84 Å². The normalized spacial score (nSPS) is 10.7. The van der Waals surface area contributed by atoms with Crippen LogP contribution in [0.1, 0.15) is 53.3 Å². The van der Waals surface area contributed by atoms with Crippen LogP contribution in [0, 0.1) is 0 Å². The molecule has 0 fully saturated rings. The van der Waals surface area contributed by atoms with E-state index >= 15 is 0 Å². The van der Waals surface area contributed by atoms with E-state index in [1.54, 1.807) is 24.3 Å². The number of rotatable bonds is 7. The number of carboxylic acids is 1. The highest BCUT2D eigenvalue weighted by Crippen LogP contribution is 2.27. The van der Waals surface area contributed by atoms with Crippen molar-refractivity contribution in [3.05, 3.63) is 55.4 Å². The van der Waals surface area contributed by atoms with Gasteiger partial charge in [-0.15, -0.1) is 22.7 Å². The lowest BCUT2D eigenvalue weighted by Gasteiger charge is -2.04. The van der Waals surface area contributed by atoms with Crippen LogP contribution in [-0.2, 0) is 4.74 Å². The van der Waals surface area contributed by atoms with Crippen LogP contribution < -0.4 is 0 Å². The molecular formula is C22H20Br2N2O4S2. The molecule has 2 heterocycles. The fourth-order valence-corrected chi connectivity index (χ4v) is 5.72. The first kappa shape index (κ1) is 24.8. The number of esters is 1. The lowest BCUT2D eigenvalue weighted by atomic mass is 10.2. The molecule has 0 bridgehead atoms. The monoisotopic (exact) mass is 598 g/mol. The minimum absolute atomic E-state index is 0.247. The zero-order valence-electron chi connectivity index (χ0n) is 17.1. The average molecular weight is 600 g/mol. The van der Waals surface area contributed by atoms with Crippen LogP contribution in [0.3, 0.4) is 0 Å². The SMILES string of the molecule is CCCCCCOC(=O)c1ccc2nc(Br)sc2c1.O=C(O)c1ccc2nc(Br)sc2c1. The second kappa shape index (κ2) is 11.8. The Hall–Kier alpha value is -1.88. The Labute approximate surface area is 209 Å². The largest absolute Gasteiger partial charge is 0.478 e. The summed E-state index contributed by atoms with van der Waals surface area (Å²) in [6.45, 7) is 2.66. The second-order valence-electron chi connectivity index (χ2n) is 6.80. The molecular weight excluding hydrogens is 580 g/mol. The number of halogens is 2. The molecule has 0 unspecified atom stereocenters. The Balaban J connectivity index is 0.000000193. The fraction of sp³-hybridized carbons (Fsp3) is 0.273. The second-order valence-corrected chi connectivity index (χ2v) is 11.4. The van der Waals surface area contributed by atoms with E-state index in [0.29, 0.717) is 17.7 Å². The third kappa shape index (κ3) is 6.81. The van der Waals surface area contributed by atoms with Crippen molar-refractivity contribution in [1.82, 2.24) is 9.97 Å². The summed E-state index contributed by atoms with van der Waals surface area (Å²) in [5, 5.41) is 8.72. The van der Waals surface area contributed by atoms with Gasteiger partial charge in [0.05, 0.1) is 38.2 Å². The first-order chi connectivity index (χ1) is 15.4. The molecule has 6 nitrogen and oxygen atoms in total. The minimum atomic E-state index is -0.911. The molecule has 0 aliphatic carbocycles. The number of ether oxygens (including phenoxy) is 1. The molecule has 4 aromatic rings. The third-order valence-corrected chi connectivity index (χ3v) is 7.38. The number of carbonyl (C=O) groups is 2. The minimum Gasteiger partial charge on any atom is -0.478 e. The van der Waals surface area contributed by atoms with E-state index < -0.39 is 5.97 Å². The molecule has 2 aromatic heterocycles. The van der Waals surface area contributed by atoms with Gasteiger partial charge in [-0.1, -0.05) is 26.2 Å². The topological polar surface area (TPSA) is 89.4 Å². The molecule has 0 amide bonds. The van der Waals surface area contributed by atoms with Gasteiger partial charge in [-0.25, -0.2) is 19.6 Å². The van der Waals surface area contributed by atoms with E-state index in [1.165, 1.54) is 35.5 Å². The first-order valence-electron chi connectivity index (χ1n) is 9.90. The van der Waals surface area contributed by atoms with Crippen molar-refractivity contribution in [2.75, 3.05) is 6.61 Å². The van der Waals surface area contributed by atoms with Crippen LogP contribution in [0.2, 0.25) is 0 Å². The summed E-state index contributed by atoms with van der Waals surface area (Å²) in [5.74, 6) is -1.16. The van der Waals surface area contributed by atoms with E-state index in [0.717, 1.165) is 41.1 Å². The summed E-state index contributed by atoms with van der Waals surface area (Å²) in [6, 6.07) is 10.3. The van der Waals surface area contributed by atoms with E-state index in [9.17, 15) is 9.59 Å². The highest BCUT2D eigenvalue weighted by molar-refractivity contribution is 9.11. The summed E-state index contributed by atoms with van der Waals surface area (Å²) < 4.78 is 8.73. The molecule has 0 saturated heterocycles. The van der Waals surface area contributed by atoms with Gasteiger partial charge in [0.2, 0.25) is 0 Å². The lowest BCUT2D eigenvalue weighted by molar-refractivity contribution is 0.0497. The Bertz CT molecular complexity index is 1240. The summed E-state index contributed by atoms with van der Waals surface area (Å²) >= 11 is 9.53. The lowest BCUT2D eigenvalue weighted by Crippen LogP contribution is -2.06. The number of unbranched alkanes of at least 4 members (excludes halogenated alkanes) is 3. The molecule has 1 N–H and O–H groups in total. The Morgan fingerprint density at radius 3 is 2.03 bits per heavy atom. The van der Waals surface area contributed by atoms with Gasteiger partial charge in [-0.2, -0.15) is 0 Å². The van der Waals surface area contributed by atoms with Crippen LogP contribution in [0.15, 0.2) is 44.2 Å². The van der Waals surface area contributed by atoms with Gasteiger partial charge in [-0.3, -0.25) is 0 Å². The Morgan fingerprint density at radius 2 is 1.47 bits per heavy atom. The predicted molar refractivity (Wildman–Crippen MR) is 136 cm³/mol. The number of carbonyl (C=O) groups excluding carboxylic acids is 1. The number of aromatic nitrogens is 2. The maximum atomic E-state index is 11.9. The van der Waals surface area contributed by atoms with Crippen LogP contribution >= 0.6 is 54.5 Å². The molecule has 0 atom stereocenters. The number of nitrogens with zero attached hydrogens (tertiary/aromatic N) is 2. The Kier molecular flexibility index (Phi) is 9.15. The van der Waals surface area contributed by atoms with Gasteiger partial charge in [0.25, 0.3) is 0 Å². The van der Waals surface area contributed by atoms with Crippen LogP contribution in [0.25, 0.3) is 20.4 Å². The molecule has 0 aliphatic heterocycles. The van der Waals surface area contributed by atoms with E-state index in [1.807, 2.05) is 12.1 Å². The zero-order valence-corrected chi connectivity index (χ0v) is 21.9. The number of fused-ring (bicyclic) bond motifs is 2. The van der Waals surface area contributed by atoms with E-state index in [4.69, 9.17) is 9.84 Å². The van der Waals surface area contributed by atoms with Crippen LogP contribution in [0.5, 0.6) is 0 Å². The van der Waals surface area contributed by atoms with Crippen molar-refractivity contribution < 1.29 is 19.4 Å². The van der Waals surface area contributed by atoms with Crippen molar-refractivity contribution in [3.63, 3.8) is 0 Å². The smallest absolute Gasteiger partial charge is 0.338 e. The summed E-state index contributed by atoms with van der Waals surface area (Å²) in [6.07, 6.45) is 4.43. The first-order valence-corrected chi connectivity index (χ1v) is 13.1. The zero-order chi connectivity index (χ0) is 23.1. The van der Waals surface area contributed by atoms with E-state index in [2.05, 4.69) is 48.8 Å². The number of benzene rings is 2. The van der Waals surface area contributed by atoms with Gasteiger partial charge in [0, 0.05) is 0 Å². The van der Waals surface area contributed by atoms with E-state index in [-0.39, 0.29) is 5.97 Å². The molecule has 2 aromatic carbocycles. The fourth-order valence-electron chi connectivity index (χ4n) is 2.83. The van der Waals surface area contributed by atoms with Gasteiger partial charge in [0.1, 0.15) is 0 Å². The number of carboxylic acid groups (broad SMARTS) is 1.